The van der Waals surface area contributed by atoms with Crippen molar-refractivity contribution in [2.75, 3.05) is 0 Å². The first-order chi connectivity index (χ1) is 25.8. The molecule has 0 spiro atoms. The van der Waals surface area contributed by atoms with E-state index < -0.39 is 0 Å². The zero-order valence-electron chi connectivity index (χ0n) is 27.5. The van der Waals surface area contributed by atoms with Crippen LogP contribution in [0.1, 0.15) is 0 Å². The number of hydrogen-bond acceptors (Lipinski definition) is 5. The van der Waals surface area contributed by atoms with Gasteiger partial charge in [0, 0.05) is 43.4 Å². The van der Waals surface area contributed by atoms with E-state index >= 15 is 0 Å². The van der Waals surface area contributed by atoms with Crippen LogP contribution in [0.25, 0.3) is 116 Å². The molecule has 0 saturated carbocycles. The van der Waals surface area contributed by atoms with Gasteiger partial charge >= 0.3 is 0 Å². The van der Waals surface area contributed by atoms with Gasteiger partial charge in [0.25, 0.3) is 0 Å². The van der Waals surface area contributed by atoms with Crippen LogP contribution in [0.3, 0.4) is 0 Å². The molecule has 6 heteroatoms. The maximum absolute atomic E-state index is 6.87. The van der Waals surface area contributed by atoms with E-state index in [-0.39, 0.29) is 0 Å². The van der Waals surface area contributed by atoms with E-state index in [4.69, 9.17) is 23.2 Å². The Balaban J connectivity index is 1.22. The highest BCUT2D eigenvalue weighted by molar-refractivity contribution is 6.20. The van der Waals surface area contributed by atoms with Gasteiger partial charge in [0.15, 0.2) is 11.4 Å². The summed E-state index contributed by atoms with van der Waals surface area (Å²) in [5.74, 6) is 0.630. The van der Waals surface area contributed by atoms with Crippen molar-refractivity contribution in [3.63, 3.8) is 0 Å². The lowest BCUT2D eigenvalue weighted by Gasteiger charge is -2.09. The lowest BCUT2D eigenvalue weighted by molar-refractivity contribution is 0.667. The van der Waals surface area contributed by atoms with Gasteiger partial charge in [0.1, 0.15) is 39.1 Å². The van der Waals surface area contributed by atoms with Crippen LogP contribution in [0.15, 0.2) is 165 Å². The first-order valence-corrected chi connectivity index (χ1v) is 17.3. The van der Waals surface area contributed by atoms with Crippen molar-refractivity contribution in [1.82, 2.24) is 14.5 Å². The summed E-state index contributed by atoms with van der Waals surface area (Å²) in [6, 6.07) is 51.9. The number of fused-ring (bicyclic) bond motifs is 12. The normalized spacial score (nSPS) is 12.2. The summed E-state index contributed by atoms with van der Waals surface area (Å²) in [4.78, 5) is 10.5. The van der Waals surface area contributed by atoms with Gasteiger partial charge in [-0.25, -0.2) is 9.97 Å². The Labute approximate surface area is 294 Å². The molecule has 0 unspecified atom stereocenters. The smallest absolute Gasteiger partial charge is 0.180 e. The van der Waals surface area contributed by atoms with Crippen LogP contribution in [-0.2, 0) is 0 Å². The van der Waals surface area contributed by atoms with E-state index in [2.05, 4.69) is 77.4 Å². The Hall–Kier alpha value is -7.18. The van der Waals surface area contributed by atoms with Crippen LogP contribution < -0.4 is 0 Å². The minimum atomic E-state index is 0.630. The fraction of sp³-hybridized carbons (Fsp3) is 0. The van der Waals surface area contributed by atoms with Crippen LogP contribution in [0, 0.1) is 0 Å². The summed E-state index contributed by atoms with van der Waals surface area (Å²) >= 11 is 0. The van der Waals surface area contributed by atoms with Crippen molar-refractivity contribution >= 4 is 87.8 Å². The summed E-state index contributed by atoms with van der Waals surface area (Å²) in [5.41, 5.74) is 11.3. The molecule has 242 valence electrons. The van der Waals surface area contributed by atoms with Crippen molar-refractivity contribution < 1.29 is 13.3 Å². The highest BCUT2D eigenvalue weighted by Gasteiger charge is 2.24. The maximum Gasteiger partial charge on any atom is 0.180 e. The summed E-state index contributed by atoms with van der Waals surface area (Å²) in [7, 11) is 0. The molecular formula is C46H25N3O3. The van der Waals surface area contributed by atoms with Crippen LogP contribution in [0.4, 0.5) is 0 Å². The van der Waals surface area contributed by atoms with Crippen molar-refractivity contribution in [2.24, 2.45) is 0 Å². The predicted molar refractivity (Wildman–Crippen MR) is 209 cm³/mol. The standard InChI is InChI=1S/C46H25N3O3/c1-2-12-26(13-3-1)46-47-43(30-17-10-22-38-41(30)28-15-5-8-20-36(28)50-38)45-44(48-46)32-24-35-31(25-40(32)52-45)27-14-4-7-18-33(27)49(35)34-19-11-23-39-42(34)29-16-6-9-21-37(29)51-39/h1-25H. The molecule has 0 saturated heterocycles. The molecule has 7 aromatic carbocycles. The molecular weight excluding hydrogens is 643 g/mol. The maximum atomic E-state index is 6.87. The van der Waals surface area contributed by atoms with E-state index in [1.807, 2.05) is 78.9 Å². The van der Waals surface area contributed by atoms with Crippen molar-refractivity contribution in [1.29, 1.82) is 0 Å². The molecule has 52 heavy (non-hydrogen) atoms. The molecule has 0 atom stereocenters. The molecule has 12 rings (SSSR count). The van der Waals surface area contributed by atoms with Gasteiger partial charge in [-0.2, -0.15) is 0 Å². The largest absolute Gasteiger partial charge is 0.456 e. The quantitative estimate of drug-likeness (QED) is 0.188. The second-order valence-electron chi connectivity index (χ2n) is 13.3. The lowest BCUT2D eigenvalue weighted by atomic mass is 10.0. The van der Waals surface area contributed by atoms with Crippen LogP contribution in [0.5, 0.6) is 0 Å². The summed E-state index contributed by atoms with van der Waals surface area (Å²) in [6.07, 6.45) is 0. The Bertz CT molecular complexity index is 3420. The predicted octanol–water partition coefficient (Wildman–Crippen LogP) is 12.6. The Morgan fingerprint density at radius 1 is 0.423 bits per heavy atom. The van der Waals surface area contributed by atoms with Crippen molar-refractivity contribution in [2.45, 2.75) is 0 Å². The molecule has 0 bridgehead atoms. The second kappa shape index (κ2) is 10.2. The minimum Gasteiger partial charge on any atom is -0.456 e. The van der Waals surface area contributed by atoms with E-state index in [9.17, 15) is 0 Å². The first-order valence-electron chi connectivity index (χ1n) is 17.3. The fourth-order valence-corrected chi connectivity index (χ4v) is 8.18. The van der Waals surface area contributed by atoms with Crippen molar-refractivity contribution in [3.8, 4) is 28.3 Å². The lowest BCUT2D eigenvalue weighted by Crippen LogP contribution is -1.95. The number of para-hydroxylation sites is 3. The molecule has 12 aromatic rings. The molecule has 0 radical (unpaired) electrons. The number of furan rings is 3. The van der Waals surface area contributed by atoms with Gasteiger partial charge in [-0.1, -0.05) is 103 Å². The third kappa shape index (κ3) is 3.72. The number of hydrogen-bond donors (Lipinski definition) is 0. The molecule has 0 aliphatic rings. The average Bonchev–Trinajstić information content (AvgIpc) is 3.95. The summed E-state index contributed by atoms with van der Waals surface area (Å²) in [6.45, 7) is 0. The Kier molecular flexibility index (Phi) is 5.41. The highest BCUT2D eigenvalue weighted by Crippen LogP contribution is 2.44. The fourth-order valence-electron chi connectivity index (χ4n) is 8.18. The number of aromatic nitrogens is 3. The van der Waals surface area contributed by atoms with Crippen LogP contribution in [-0.4, -0.2) is 14.5 Å². The average molecular weight is 668 g/mol. The Morgan fingerprint density at radius 3 is 1.88 bits per heavy atom. The van der Waals surface area contributed by atoms with E-state index in [0.717, 1.165) is 105 Å². The van der Waals surface area contributed by atoms with E-state index in [1.54, 1.807) is 0 Å². The molecule has 5 heterocycles. The molecule has 5 aromatic heterocycles. The molecule has 0 N–H and O–H groups in total. The first kappa shape index (κ1) is 27.6. The monoisotopic (exact) mass is 667 g/mol. The third-order valence-corrected chi connectivity index (χ3v) is 10.4. The number of nitrogens with zero attached hydrogens (tertiary/aromatic N) is 3. The van der Waals surface area contributed by atoms with Gasteiger partial charge in [-0.3, -0.25) is 0 Å². The molecule has 6 nitrogen and oxygen atoms in total. The third-order valence-electron chi connectivity index (χ3n) is 10.4. The zero-order valence-corrected chi connectivity index (χ0v) is 27.5. The highest BCUT2D eigenvalue weighted by atomic mass is 16.3. The molecule has 0 aliphatic carbocycles. The van der Waals surface area contributed by atoms with Gasteiger partial charge in [0.2, 0.25) is 0 Å². The van der Waals surface area contributed by atoms with Gasteiger partial charge in [0.05, 0.1) is 22.1 Å². The SMILES string of the molecule is c1ccc(-c2nc(-c3cccc4oc5ccccc5c34)c3oc4cc5c6ccccc6n(-c6cccc7oc8ccccc8c67)c5cc4c3n2)cc1. The molecule has 0 aliphatic heterocycles. The topological polar surface area (TPSA) is 70.1 Å². The van der Waals surface area contributed by atoms with E-state index in [0.29, 0.717) is 11.4 Å². The Morgan fingerprint density at radius 2 is 1.08 bits per heavy atom. The van der Waals surface area contributed by atoms with Crippen LogP contribution in [0.2, 0.25) is 0 Å². The van der Waals surface area contributed by atoms with Gasteiger partial charge < -0.3 is 17.8 Å². The van der Waals surface area contributed by atoms with Gasteiger partial charge in [-0.05, 0) is 48.5 Å². The van der Waals surface area contributed by atoms with Crippen LogP contribution >= 0.6 is 0 Å². The van der Waals surface area contributed by atoms with Gasteiger partial charge in [-0.15, -0.1) is 0 Å². The molecule has 0 fully saturated rings. The second-order valence-corrected chi connectivity index (χ2v) is 13.3. The summed E-state index contributed by atoms with van der Waals surface area (Å²) in [5, 5.41) is 7.34. The summed E-state index contributed by atoms with van der Waals surface area (Å²) < 4.78 is 21.9. The van der Waals surface area contributed by atoms with Crippen molar-refractivity contribution in [3.05, 3.63) is 152 Å². The number of benzene rings is 7. The molecule has 0 amide bonds. The number of rotatable bonds is 3. The zero-order chi connectivity index (χ0) is 33.9. The minimum absolute atomic E-state index is 0.630. The van der Waals surface area contributed by atoms with E-state index in [1.165, 1.54) is 0 Å².